The SMILES string of the molecule is COCCn1c(=NC(=O)C(C)C)sc2c(C)cc(C)cc21. The van der Waals surface area contributed by atoms with Gasteiger partial charge in [0.15, 0.2) is 4.80 Å². The minimum Gasteiger partial charge on any atom is -0.383 e. The number of amides is 1. The van der Waals surface area contributed by atoms with Crippen molar-refractivity contribution in [2.45, 2.75) is 34.2 Å². The van der Waals surface area contributed by atoms with Crippen LogP contribution in [0.1, 0.15) is 25.0 Å². The number of carbonyl (C=O) groups excluding carboxylic acids is 1. The highest BCUT2D eigenvalue weighted by Gasteiger charge is 2.11. The fourth-order valence-corrected chi connectivity index (χ4v) is 3.33. The predicted octanol–water partition coefficient (Wildman–Crippen LogP) is 3.05. The second kappa shape index (κ2) is 6.54. The number of aryl methyl sites for hydroxylation is 2. The van der Waals surface area contributed by atoms with Gasteiger partial charge in [0.2, 0.25) is 0 Å². The third-order valence-electron chi connectivity index (χ3n) is 3.33. The Morgan fingerprint density at radius 3 is 2.71 bits per heavy atom. The number of methoxy groups -OCH3 is 1. The first-order chi connectivity index (χ1) is 9.93. The summed E-state index contributed by atoms with van der Waals surface area (Å²) >= 11 is 1.58. The Morgan fingerprint density at radius 2 is 2.10 bits per heavy atom. The molecule has 0 aliphatic heterocycles. The summed E-state index contributed by atoms with van der Waals surface area (Å²) < 4.78 is 8.46. The van der Waals surface area contributed by atoms with Crippen LogP contribution in [0.3, 0.4) is 0 Å². The van der Waals surface area contributed by atoms with Gasteiger partial charge in [-0.05, 0) is 31.0 Å². The Hall–Kier alpha value is -1.46. The first-order valence-corrected chi connectivity index (χ1v) is 7.93. The molecule has 21 heavy (non-hydrogen) atoms. The summed E-state index contributed by atoms with van der Waals surface area (Å²) in [5.74, 6) is -0.170. The van der Waals surface area contributed by atoms with E-state index in [9.17, 15) is 4.79 Å². The zero-order chi connectivity index (χ0) is 15.6. The standard InChI is InChI=1S/C16H22N2O2S/c1-10(2)15(19)17-16-18(6-7-20-5)13-9-11(3)8-12(4)14(13)21-16/h8-10H,6-7H2,1-5H3. The molecule has 0 atom stereocenters. The lowest BCUT2D eigenvalue weighted by molar-refractivity contribution is -0.120. The molecule has 0 aliphatic carbocycles. The largest absolute Gasteiger partial charge is 0.383 e. The Morgan fingerprint density at radius 1 is 1.38 bits per heavy atom. The average Bonchev–Trinajstić information content (AvgIpc) is 2.74. The monoisotopic (exact) mass is 306 g/mol. The molecule has 0 spiro atoms. The van der Waals surface area contributed by atoms with Crippen LogP contribution in [0.4, 0.5) is 0 Å². The van der Waals surface area contributed by atoms with E-state index >= 15 is 0 Å². The van der Waals surface area contributed by atoms with Gasteiger partial charge in [0.1, 0.15) is 0 Å². The summed E-state index contributed by atoms with van der Waals surface area (Å²) in [6.45, 7) is 9.22. The molecule has 0 unspecified atom stereocenters. The highest BCUT2D eigenvalue weighted by molar-refractivity contribution is 7.16. The summed E-state index contributed by atoms with van der Waals surface area (Å²) in [4.78, 5) is 17.0. The molecule has 0 saturated heterocycles. The van der Waals surface area contributed by atoms with Crippen LogP contribution in [0.25, 0.3) is 10.2 Å². The molecule has 0 bridgehead atoms. The van der Waals surface area contributed by atoms with Crippen molar-refractivity contribution in [3.8, 4) is 0 Å². The number of fused-ring (bicyclic) bond motifs is 1. The molecule has 2 rings (SSSR count). The van der Waals surface area contributed by atoms with Crippen molar-refractivity contribution in [1.29, 1.82) is 0 Å². The topological polar surface area (TPSA) is 43.6 Å². The summed E-state index contributed by atoms with van der Waals surface area (Å²) in [7, 11) is 1.68. The maximum atomic E-state index is 12.0. The summed E-state index contributed by atoms with van der Waals surface area (Å²) in [5, 5.41) is 0. The molecule has 5 heteroatoms. The van der Waals surface area contributed by atoms with Crippen LogP contribution in [0.2, 0.25) is 0 Å². The molecule has 1 amide bonds. The number of carbonyl (C=O) groups is 1. The minimum atomic E-state index is -0.0890. The maximum Gasteiger partial charge on any atom is 0.250 e. The van der Waals surface area contributed by atoms with Gasteiger partial charge in [0.25, 0.3) is 5.91 Å². The van der Waals surface area contributed by atoms with Gasteiger partial charge in [0, 0.05) is 19.6 Å². The van der Waals surface area contributed by atoms with Gasteiger partial charge in [-0.1, -0.05) is 31.3 Å². The van der Waals surface area contributed by atoms with Crippen molar-refractivity contribution >= 4 is 27.5 Å². The van der Waals surface area contributed by atoms with Gasteiger partial charge in [-0.3, -0.25) is 4.79 Å². The molecule has 0 fully saturated rings. The quantitative estimate of drug-likeness (QED) is 0.871. The Kier molecular flexibility index (Phi) is 4.96. The van der Waals surface area contributed by atoms with Crippen molar-refractivity contribution in [3.05, 3.63) is 28.1 Å². The highest BCUT2D eigenvalue weighted by Crippen LogP contribution is 2.23. The van der Waals surface area contributed by atoms with Crippen LogP contribution in [-0.4, -0.2) is 24.2 Å². The highest BCUT2D eigenvalue weighted by atomic mass is 32.1. The lowest BCUT2D eigenvalue weighted by Crippen LogP contribution is -2.20. The van der Waals surface area contributed by atoms with Crippen LogP contribution in [0.5, 0.6) is 0 Å². The molecule has 1 aromatic heterocycles. The maximum absolute atomic E-state index is 12.0. The van der Waals surface area contributed by atoms with Gasteiger partial charge < -0.3 is 9.30 Å². The second-order valence-electron chi connectivity index (χ2n) is 5.56. The van der Waals surface area contributed by atoms with E-state index in [1.165, 1.54) is 15.8 Å². The van der Waals surface area contributed by atoms with Crippen LogP contribution < -0.4 is 4.80 Å². The van der Waals surface area contributed by atoms with Gasteiger partial charge in [0.05, 0.1) is 16.8 Å². The van der Waals surface area contributed by atoms with E-state index in [4.69, 9.17) is 4.74 Å². The lowest BCUT2D eigenvalue weighted by atomic mass is 10.1. The molecular weight excluding hydrogens is 284 g/mol. The number of thiazole rings is 1. The van der Waals surface area contributed by atoms with Crippen LogP contribution in [0.15, 0.2) is 17.1 Å². The molecular formula is C16H22N2O2S. The smallest absolute Gasteiger partial charge is 0.250 e. The lowest BCUT2D eigenvalue weighted by Gasteiger charge is -2.06. The van der Waals surface area contributed by atoms with Crippen molar-refractivity contribution in [3.63, 3.8) is 0 Å². The van der Waals surface area contributed by atoms with Crippen LogP contribution >= 0.6 is 11.3 Å². The number of hydrogen-bond acceptors (Lipinski definition) is 3. The average molecular weight is 306 g/mol. The molecule has 1 heterocycles. The number of ether oxygens (including phenoxy) is 1. The normalized spacial score (nSPS) is 12.6. The Balaban J connectivity index is 2.69. The van der Waals surface area contributed by atoms with Crippen molar-refractivity contribution in [2.75, 3.05) is 13.7 Å². The van der Waals surface area contributed by atoms with Crippen molar-refractivity contribution in [2.24, 2.45) is 10.9 Å². The molecule has 0 saturated carbocycles. The molecule has 4 nitrogen and oxygen atoms in total. The van der Waals surface area contributed by atoms with E-state index in [0.29, 0.717) is 13.2 Å². The molecule has 0 radical (unpaired) electrons. The van der Waals surface area contributed by atoms with E-state index in [0.717, 1.165) is 10.3 Å². The van der Waals surface area contributed by atoms with E-state index < -0.39 is 0 Å². The molecule has 1 aromatic carbocycles. The van der Waals surface area contributed by atoms with E-state index in [1.807, 2.05) is 13.8 Å². The summed E-state index contributed by atoms with van der Waals surface area (Å²) in [6.07, 6.45) is 0. The van der Waals surface area contributed by atoms with Gasteiger partial charge >= 0.3 is 0 Å². The number of aromatic nitrogens is 1. The third kappa shape index (κ3) is 3.41. The molecule has 0 aliphatic rings. The number of rotatable bonds is 4. The molecule has 114 valence electrons. The Bertz CT molecular complexity index is 726. The van der Waals surface area contributed by atoms with Crippen molar-refractivity contribution in [1.82, 2.24) is 4.57 Å². The second-order valence-corrected chi connectivity index (χ2v) is 6.54. The van der Waals surface area contributed by atoms with Crippen LogP contribution in [0, 0.1) is 19.8 Å². The fraction of sp³-hybridized carbons (Fsp3) is 0.500. The number of hydrogen-bond donors (Lipinski definition) is 0. The van der Waals surface area contributed by atoms with E-state index in [-0.39, 0.29) is 11.8 Å². The van der Waals surface area contributed by atoms with Gasteiger partial charge in [-0.2, -0.15) is 4.99 Å². The molecule has 0 N–H and O–H groups in total. The summed E-state index contributed by atoms with van der Waals surface area (Å²) in [6, 6.07) is 4.31. The van der Waals surface area contributed by atoms with Crippen LogP contribution in [-0.2, 0) is 16.1 Å². The fourth-order valence-electron chi connectivity index (χ4n) is 2.22. The number of nitrogens with zero attached hydrogens (tertiary/aromatic N) is 2. The van der Waals surface area contributed by atoms with E-state index in [2.05, 4.69) is 35.5 Å². The van der Waals surface area contributed by atoms with Gasteiger partial charge in [-0.15, -0.1) is 0 Å². The summed E-state index contributed by atoms with van der Waals surface area (Å²) in [5.41, 5.74) is 3.56. The minimum absolute atomic E-state index is 0.0814. The predicted molar refractivity (Wildman–Crippen MR) is 86.6 cm³/mol. The van der Waals surface area contributed by atoms with Crippen molar-refractivity contribution < 1.29 is 9.53 Å². The first kappa shape index (κ1) is 15.9. The van der Waals surface area contributed by atoms with Gasteiger partial charge in [-0.25, -0.2) is 0 Å². The Labute approximate surface area is 129 Å². The zero-order valence-electron chi connectivity index (χ0n) is 13.3. The zero-order valence-corrected chi connectivity index (χ0v) is 14.1. The third-order valence-corrected chi connectivity index (χ3v) is 4.56. The number of benzene rings is 1. The first-order valence-electron chi connectivity index (χ1n) is 7.12. The molecule has 2 aromatic rings. The van der Waals surface area contributed by atoms with E-state index in [1.54, 1.807) is 18.4 Å².